The molecule has 8 nitrogen and oxygen atoms in total. The number of carbonyl (C=O) groups excluding carboxylic acids is 1. The highest BCUT2D eigenvalue weighted by atomic mass is 32.2. The van der Waals surface area contributed by atoms with Crippen molar-refractivity contribution in [1.29, 1.82) is 0 Å². The summed E-state index contributed by atoms with van der Waals surface area (Å²) in [5.41, 5.74) is 1.62. The summed E-state index contributed by atoms with van der Waals surface area (Å²) < 4.78 is 28.3. The van der Waals surface area contributed by atoms with Gasteiger partial charge in [-0.15, -0.1) is 0 Å². The van der Waals surface area contributed by atoms with Crippen LogP contribution in [0.2, 0.25) is 0 Å². The van der Waals surface area contributed by atoms with Crippen LogP contribution in [-0.2, 0) is 27.6 Å². The summed E-state index contributed by atoms with van der Waals surface area (Å²) in [6.45, 7) is 3.96. The normalized spacial score (nSPS) is 16.4. The number of hydrogen-bond acceptors (Lipinski definition) is 5. The lowest BCUT2D eigenvalue weighted by atomic mass is 10.2. The van der Waals surface area contributed by atoms with Crippen LogP contribution in [0.5, 0.6) is 0 Å². The fourth-order valence-electron chi connectivity index (χ4n) is 3.16. The van der Waals surface area contributed by atoms with E-state index in [0.29, 0.717) is 32.0 Å². The maximum atomic E-state index is 12.6. The third-order valence-electron chi connectivity index (χ3n) is 4.55. The van der Waals surface area contributed by atoms with E-state index < -0.39 is 10.0 Å². The van der Waals surface area contributed by atoms with Gasteiger partial charge in [0.2, 0.25) is 15.9 Å². The molecule has 1 aromatic heterocycles. The fourth-order valence-corrected chi connectivity index (χ4v) is 4.67. The molecular formula is C18H25N5O3S. The van der Waals surface area contributed by atoms with E-state index in [0.717, 1.165) is 11.3 Å². The second-order valence-electron chi connectivity index (χ2n) is 6.76. The molecule has 146 valence electrons. The Hall–Kier alpha value is -2.23. The molecule has 1 aliphatic rings. The first kappa shape index (κ1) is 19.5. The van der Waals surface area contributed by atoms with Gasteiger partial charge in [-0.3, -0.25) is 14.4 Å². The van der Waals surface area contributed by atoms with Crippen LogP contribution >= 0.6 is 0 Å². The Labute approximate surface area is 159 Å². The molecule has 0 saturated carbocycles. The zero-order chi connectivity index (χ0) is 19.4. The van der Waals surface area contributed by atoms with E-state index in [9.17, 15) is 13.2 Å². The lowest BCUT2D eigenvalue weighted by Gasteiger charge is -2.33. The van der Waals surface area contributed by atoms with Gasteiger partial charge in [0.15, 0.2) is 0 Å². The first-order valence-corrected chi connectivity index (χ1v) is 10.5. The van der Waals surface area contributed by atoms with E-state index in [2.05, 4.69) is 10.4 Å². The zero-order valence-electron chi connectivity index (χ0n) is 15.6. The number of aromatic nitrogens is 2. The van der Waals surface area contributed by atoms with Crippen molar-refractivity contribution in [3.8, 4) is 0 Å². The minimum atomic E-state index is -3.35. The highest BCUT2D eigenvalue weighted by Gasteiger charge is 2.27. The van der Waals surface area contributed by atoms with Gasteiger partial charge in [0.25, 0.3) is 0 Å². The Balaban J connectivity index is 1.49. The molecule has 27 heavy (non-hydrogen) atoms. The van der Waals surface area contributed by atoms with Crippen molar-refractivity contribution in [3.63, 3.8) is 0 Å². The first-order chi connectivity index (χ1) is 12.8. The minimum Gasteiger partial charge on any atom is -0.310 e. The molecule has 0 atom stereocenters. The molecule has 9 heteroatoms. The van der Waals surface area contributed by atoms with Crippen molar-refractivity contribution in [1.82, 2.24) is 19.0 Å². The van der Waals surface area contributed by atoms with Gasteiger partial charge in [-0.1, -0.05) is 30.3 Å². The van der Waals surface area contributed by atoms with Gasteiger partial charge in [0.1, 0.15) is 5.82 Å². The van der Waals surface area contributed by atoms with Crippen LogP contribution in [0.25, 0.3) is 0 Å². The molecule has 1 saturated heterocycles. The number of benzene rings is 1. The number of rotatable bonds is 6. The van der Waals surface area contributed by atoms with Crippen LogP contribution in [0.15, 0.2) is 36.4 Å². The molecule has 2 aromatic rings. The molecule has 0 spiro atoms. The summed E-state index contributed by atoms with van der Waals surface area (Å²) in [7, 11) is -1.57. The number of nitrogens with one attached hydrogen (secondary N) is 1. The van der Waals surface area contributed by atoms with E-state index in [1.165, 1.54) is 4.31 Å². The lowest BCUT2D eigenvalue weighted by molar-refractivity contribution is -0.117. The average Bonchev–Trinajstić information content (AvgIpc) is 2.93. The zero-order valence-corrected chi connectivity index (χ0v) is 16.4. The van der Waals surface area contributed by atoms with E-state index in [4.69, 9.17) is 0 Å². The van der Waals surface area contributed by atoms with E-state index in [-0.39, 0.29) is 18.2 Å². The topological polar surface area (TPSA) is 87.5 Å². The van der Waals surface area contributed by atoms with Crippen molar-refractivity contribution in [2.75, 3.05) is 38.0 Å². The van der Waals surface area contributed by atoms with Gasteiger partial charge in [0.05, 0.1) is 18.0 Å². The number of amides is 1. The third kappa shape index (κ3) is 5.15. The number of carbonyl (C=O) groups is 1. The molecule has 0 unspecified atom stereocenters. The van der Waals surface area contributed by atoms with Crippen molar-refractivity contribution in [3.05, 3.63) is 47.7 Å². The van der Waals surface area contributed by atoms with E-state index in [1.54, 1.807) is 11.7 Å². The smallest absolute Gasteiger partial charge is 0.239 e. The summed E-state index contributed by atoms with van der Waals surface area (Å²) in [5, 5.41) is 7.04. The Morgan fingerprint density at radius 1 is 1.15 bits per heavy atom. The molecule has 0 radical (unpaired) electrons. The molecule has 2 heterocycles. The van der Waals surface area contributed by atoms with Crippen LogP contribution in [0, 0.1) is 6.92 Å². The molecule has 1 aromatic carbocycles. The van der Waals surface area contributed by atoms with Gasteiger partial charge in [-0.25, -0.2) is 8.42 Å². The standard InChI is InChI=1S/C18H25N5O3S/c1-15-12-17(21(2)20-15)19-18(24)13-22-8-10-23(11-9-22)27(25,26)14-16-6-4-3-5-7-16/h3-7,12H,8-11,13-14H2,1-2H3,(H,19,24). The number of nitrogens with zero attached hydrogens (tertiary/aromatic N) is 4. The second-order valence-corrected chi connectivity index (χ2v) is 8.73. The minimum absolute atomic E-state index is 0.00810. The predicted octanol–water partition coefficient (Wildman–Crippen LogP) is 0.815. The quantitative estimate of drug-likeness (QED) is 0.788. The predicted molar refractivity (Wildman–Crippen MR) is 104 cm³/mol. The monoisotopic (exact) mass is 391 g/mol. The van der Waals surface area contributed by atoms with Gasteiger partial charge in [-0.05, 0) is 12.5 Å². The summed E-state index contributed by atoms with van der Waals surface area (Å²) in [6.07, 6.45) is 0. The summed E-state index contributed by atoms with van der Waals surface area (Å²) >= 11 is 0. The van der Waals surface area contributed by atoms with Gasteiger partial charge in [-0.2, -0.15) is 9.40 Å². The third-order valence-corrected chi connectivity index (χ3v) is 6.40. The lowest BCUT2D eigenvalue weighted by Crippen LogP contribution is -2.50. The molecule has 1 N–H and O–H groups in total. The van der Waals surface area contributed by atoms with Crippen LogP contribution < -0.4 is 5.32 Å². The van der Waals surface area contributed by atoms with Gasteiger partial charge >= 0.3 is 0 Å². The Morgan fingerprint density at radius 3 is 2.41 bits per heavy atom. The first-order valence-electron chi connectivity index (χ1n) is 8.88. The number of anilines is 1. The second kappa shape index (κ2) is 8.20. The van der Waals surface area contributed by atoms with Crippen molar-refractivity contribution >= 4 is 21.7 Å². The summed E-state index contributed by atoms with van der Waals surface area (Å²) in [6, 6.07) is 11.0. The molecule has 0 bridgehead atoms. The van der Waals surface area contributed by atoms with Crippen molar-refractivity contribution in [2.24, 2.45) is 7.05 Å². The van der Waals surface area contributed by atoms with Crippen LogP contribution in [0.4, 0.5) is 5.82 Å². The van der Waals surface area contributed by atoms with Gasteiger partial charge < -0.3 is 5.32 Å². The Kier molecular flexibility index (Phi) is 5.93. The maximum Gasteiger partial charge on any atom is 0.239 e. The van der Waals surface area contributed by atoms with Crippen LogP contribution in [0.3, 0.4) is 0 Å². The highest BCUT2D eigenvalue weighted by Crippen LogP contribution is 2.14. The molecule has 1 fully saturated rings. The number of sulfonamides is 1. The largest absolute Gasteiger partial charge is 0.310 e. The van der Waals surface area contributed by atoms with E-state index in [1.807, 2.05) is 48.2 Å². The Bertz CT molecular complexity index is 887. The summed E-state index contributed by atoms with van der Waals surface area (Å²) in [4.78, 5) is 14.2. The number of piperazine rings is 1. The molecule has 1 amide bonds. The maximum absolute atomic E-state index is 12.6. The summed E-state index contributed by atoms with van der Waals surface area (Å²) in [5.74, 6) is 0.536. The molecule has 1 aliphatic heterocycles. The SMILES string of the molecule is Cc1cc(NC(=O)CN2CCN(S(=O)(=O)Cc3ccccc3)CC2)n(C)n1. The Morgan fingerprint density at radius 2 is 1.81 bits per heavy atom. The molecule has 3 rings (SSSR count). The number of hydrogen-bond donors (Lipinski definition) is 1. The van der Waals surface area contributed by atoms with E-state index >= 15 is 0 Å². The average molecular weight is 391 g/mol. The van der Waals surface area contributed by atoms with Crippen LogP contribution in [-0.4, -0.2) is 66.0 Å². The fraction of sp³-hybridized carbons (Fsp3) is 0.444. The van der Waals surface area contributed by atoms with Crippen molar-refractivity contribution < 1.29 is 13.2 Å². The number of aryl methyl sites for hydroxylation is 2. The van der Waals surface area contributed by atoms with Gasteiger partial charge in [0, 0.05) is 39.3 Å². The molecule has 0 aliphatic carbocycles. The highest BCUT2D eigenvalue weighted by molar-refractivity contribution is 7.88. The molecular weight excluding hydrogens is 366 g/mol. The van der Waals surface area contributed by atoms with Crippen molar-refractivity contribution in [2.45, 2.75) is 12.7 Å². The van der Waals surface area contributed by atoms with Crippen LogP contribution in [0.1, 0.15) is 11.3 Å².